The molecule has 3 rings (SSSR count). The maximum Gasteiger partial charge on any atom is 0.277 e. The van der Waals surface area contributed by atoms with E-state index in [0.29, 0.717) is 11.1 Å². The van der Waals surface area contributed by atoms with Gasteiger partial charge in [-0.05, 0) is 23.9 Å². The number of hydrogen-bond donors (Lipinski definition) is 1. The van der Waals surface area contributed by atoms with Crippen LogP contribution >= 0.6 is 0 Å². The first-order valence-corrected chi connectivity index (χ1v) is 8.65. The Morgan fingerprint density at radius 3 is 2.30 bits per heavy atom. The van der Waals surface area contributed by atoms with Crippen molar-refractivity contribution in [3.8, 4) is 0 Å². The van der Waals surface area contributed by atoms with Gasteiger partial charge in [0.15, 0.2) is 0 Å². The van der Waals surface area contributed by atoms with Gasteiger partial charge in [0.1, 0.15) is 0 Å². The highest BCUT2D eigenvalue weighted by Gasteiger charge is 2.16. The lowest BCUT2D eigenvalue weighted by molar-refractivity contribution is 0.585. The Bertz CT molecular complexity index is 959. The van der Waals surface area contributed by atoms with E-state index in [9.17, 15) is 8.42 Å². The van der Waals surface area contributed by atoms with Gasteiger partial charge in [-0.2, -0.15) is 18.4 Å². The number of sulfonamides is 1. The van der Waals surface area contributed by atoms with Crippen LogP contribution in [0.4, 0.5) is 0 Å². The van der Waals surface area contributed by atoms with E-state index in [0.717, 1.165) is 10.9 Å². The van der Waals surface area contributed by atoms with Crippen LogP contribution in [-0.4, -0.2) is 14.1 Å². The molecule has 0 aromatic heterocycles. The molecule has 3 aromatic carbocycles. The van der Waals surface area contributed by atoms with Crippen LogP contribution in [0.2, 0.25) is 0 Å². The van der Waals surface area contributed by atoms with Crippen molar-refractivity contribution in [1.82, 2.24) is 4.83 Å². The first kappa shape index (κ1) is 15.2. The molecule has 0 atom stereocenters. The first-order chi connectivity index (χ1) is 11.1. The zero-order valence-corrected chi connectivity index (χ0v) is 13.4. The van der Waals surface area contributed by atoms with Crippen molar-refractivity contribution in [3.63, 3.8) is 0 Å². The van der Waals surface area contributed by atoms with Crippen molar-refractivity contribution in [3.05, 3.63) is 78.4 Å². The molecule has 3 aromatic rings. The molecule has 0 aliphatic rings. The fraction of sp³-hybridized carbons (Fsp3) is 0.0556. The van der Waals surface area contributed by atoms with Gasteiger partial charge in [0.25, 0.3) is 10.0 Å². The molecule has 116 valence electrons. The van der Waals surface area contributed by atoms with Crippen LogP contribution < -0.4 is 4.83 Å². The lowest BCUT2D eigenvalue weighted by atomic mass is 10.1. The summed E-state index contributed by atoms with van der Waals surface area (Å²) in [4.78, 5) is 2.55. The van der Waals surface area contributed by atoms with Gasteiger partial charge in [0.05, 0.1) is 10.6 Å². The normalized spacial score (nSPS) is 12.3. The summed E-state index contributed by atoms with van der Waals surface area (Å²) < 4.78 is 25.1. The van der Waals surface area contributed by atoms with Crippen molar-refractivity contribution in [2.75, 3.05) is 0 Å². The quantitative estimate of drug-likeness (QED) is 0.589. The Morgan fingerprint density at radius 2 is 1.52 bits per heavy atom. The summed E-state index contributed by atoms with van der Waals surface area (Å²) in [5, 5.41) is 5.58. The summed E-state index contributed by atoms with van der Waals surface area (Å²) in [7, 11) is -3.73. The van der Waals surface area contributed by atoms with Crippen molar-refractivity contribution < 1.29 is 8.42 Å². The summed E-state index contributed by atoms with van der Waals surface area (Å²) >= 11 is 0. The molecule has 0 spiro atoms. The van der Waals surface area contributed by atoms with Gasteiger partial charge < -0.3 is 0 Å². The van der Waals surface area contributed by atoms with Crippen LogP contribution in [0.5, 0.6) is 0 Å². The molecule has 23 heavy (non-hydrogen) atoms. The van der Waals surface area contributed by atoms with E-state index in [-0.39, 0.29) is 4.90 Å². The highest BCUT2D eigenvalue weighted by Crippen LogP contribution is 2.22. The third kappa shape index (κ3) is 3.24. The lowest BCUT2D eigenvalue weighted by Crippen LogP contribution is -2.20. The van der Waals surface area contributed by atoms with Gasteiger partial charge in [0.2, 0.25) is 0 Å². The number of rotatable bonds is 4. The largest absolute Gasteiger partial charge is 0.277 e. The molecule has 1 N–H and O–H groups in total. The molecule has 0 aliphatic heterocycles. The Hall–Kier alpha value is -2.66. The Morgan fingerprint density at radius 1 is 0.870 bits per heavy atom. The highest BCUT2D eigenvalue weighted by atomic mass is 32.2. The summed E-state index contributed by atoms with van der Waals surface area (Å²) in [6.45, 7) is 1.76. The summed E-state index contributed by atoms with van der Waals surface area (Å²) in [6, 6.07) is 22.0. The van der Waals surface area contributed by atoms with Crippen LogP contribution in [0.3, 0.4) is 0 Å². The molecule has 4 nitrogen and oxygen atoms in total. The highest BCUT2D eigenvalue weighted by molar-refractivity contribution is 7.89. The summed E-state index contributed by atoms with van der Waals surface area (Å²) in [5.41, 5.74) is 1.47. The molecule has 0 saturated carbocycles. The van der Waals surface area contributed by atoms with Gasteiger partial charge >= 0.3 is 0 Å². The number of benzene rings is 3. The third-order valence-corrected chi connectivity index (χ3v) is 4.83. The smallest absolute Gasteiger partial charge is 0.200 e. The predicted molar refractivity (Wildman–Crippen MR) is 92.9 cm³/mol. The van der Waals surface area contributed by atoms with E-state index in [1.165, 1.54) is 0 Å². The minimum atomic E-state index is -3.73. The molecule has 0 bridgehead atoms. The number of fused-ring (bicyclic) bond motifs is 1. The maximum atomic E-state index is 12.6. The van der Waals surface area contributed by atoms with Gasteiger partial charge in [0, 0.05) is 5.39 Å². The number of nitrogens with one attached hydrogen (secondary N) is 1. The Kier molecular flexibility index (Phi) is 4.12. The average molecular weight is 324 g/mol. The van der Waals surface area contributed by atoms with Crippen LogP contribution in [-0.2, 0) is 10.0 Å². The van der Waals surface area contributed by atoms with E-state index < -0.39 is 10.0 Å². The number of hydrazone groups is 1. The van der Waals surface area contributed by atoms with Crippen molar-refractivity contribution in [1.29, 1.82) is 0 Å². The number of nitrogens with zero attached hydrogens (tertiary/aromatic N) is 1. The van der Waals surface area contributed by atoms with Crippen LogP contribution in [0.1, 0.15) is 12.5 Å². The molecule has 5 heteroatoms. The summed E-state index contributed by atoms with van der Waals surface area (Å²) in [5.74, 6) is 0. The van der Waals surface area contributed by atoms with E-state index >= 15 is 0 Å². The number of hydrogen-bond acceptors (Lipinski definition) is 3. The minimum absolute atomic E-state index is 0.222. The van der Waals surface area contributed by atoms with Gasteiger partial charge in [-0.3, -0.25) is 0 Å². The Labute approximate surface area is 135 Å². The standard InChI is InChI=1S/C18H16N2O2S/c1-14(15-8-3-2-4-9-15)19-20-23(21,22)18-13-7-11-16-10-5-6-12-17(16)18/h2-13,20H,1H3. The lowest BCUT2D eigenvalue weighted by Gasteiger charge is -2.08. The predicted octanol–water partition coefficient (Wildman–Crippen LogP) is 3.54. The minimum Gasteiger partial charge on any atom is -0.200 e. The van der Waals surface area contributed by atoms with Gasteiger partial charge in [-0.25, -0.2) is 0 Å². The van der Waals surface area contributed by atoms with Gasteiger partial charge in [-0.1, -0.05) is 66.7 Å². The Balaban J connectivity index is 1.96. The SMILES string of the molecule is CC(=NNS(=O)(=O)c1cccc2ccccc12)c1ccccc1. The molecule has 0 radical (unpaired) electrons. The second-order valence-corrected chi connectivity index (χ2v) is 6.76. The molecule has 0 unspecified atom stereocenters. The average Bonchev–Trinajstić information content (AvgIpc) is 2.60. The first-order valence-electron chi connectivity index (χ1n) is 7.17. The van der Waals surface area contributed by atoms with E-state index in [1.807, 2.05) is 54.6 Å². The zero-order chi connectivity index (χ0) is 16.3. The van der Waals surface area contributed by atoms with Crippen LogP contribution in [0.25, 0.3) is 10.8 Å². The monoisotopic (exact) mass is 324 g/mol. The maximum absolute atomic E-state index is 12.6. The van der Waals surface area contributed by atoms with Crippen LogP contribution in [0.15, 0.2) is 82.8 Å². The van der Waals surface area contributed by atoms with Gasteiger partial charge in [-0.15, -0.1) is 0 Å². The molecular formula is C18H16N2O2S. The fourth-order valence-corrected chi connectivity index (χ4v) is 3.44. The summed E-state index contributed by atoms with van der Waals surface area (Å²) in [6.07, 6.45) is 0. The molecule has 0 aliphatic carbocycles. The van der Waals surface area contributed by atoms with E-state index in [4.69, 9.17) is 0 Å². The molecule has 0 amide bonds. The molecular weight excluding hydrogens is 308 g/mol. The van der Waals surface area contributed by atoms with E-state index in [2.05, 4.69) is 9.93 Å². The van der Waals surface area contributed by atoms with Crippen molar-refractivity contribution in [2.24, 2.45) is 5.10 Å². The van der Waals surface area contributed by atoms with Crippen LogP contribution in [0, 0.1) is 0 Å². The van der Waals surface area contributed by atoms with E-state index in [1.54, 1.807) is 25.1 Å². The van der Waals surface area contributed by atoms with Crippen molar-refractivity contribution in [2.45, 2.75) is 11.8 Å². The second-order valence-electron chi connectivity index (χ2n) is 5.14. The zero-order valence-electron chi connectivity index (χ0n) is 12.6. The third-order valence-electron chi connectivity index (χ3n) is 3.56. The fourth-order valence-electron chi connectivity index (χ4n) is 2.35. The molecule has 0 heterocycles. The second kappa shape index (κ2) is 6.22. The molecule has 0 fully saturated rings. The van der Waals surface area contributed by atoms with Crippen molar-refractivity contribution >= 4 is 26.5 Å². The molecule has 0 saturated heterocycles. The topological polar surface area (TPSA) is 58.5 Å².